The molecule has 0 rings (SSSR count). The lowest BCUT2D eigenvalue weighted by Gasteiger charge is -2.19. The van der Waals surface area contributed by atoms with Crippen LogP contribution in [0.5, 0.6) is 0 Å². The Morgan fingerprint density at radius 3 is 2.14 bits per heavy atom. The Morgan fingerprint density at radius 2 is 1.71 bits per heavy atom. The number of hydrogen-bond acceptors (Lipinski definition) is 2. The van der Waals surface area contributed by atoms with E-state index >= 15 is 0 Å². The Morgan fingerprint density at radius 1 is 1.14 bits per heavy atom. The van der Waals surface area contributed by atoms with Crippen LogP contribution in [0.15, 0.2) is 0 Å². The first-order valence-corrected chi connectivity index (χ1v) is 5.60. The summed E-state index contributed by atoms with van der Waals surface area (Å²) in [6.07, 6.45) is 3.69. The van der Waals surface area contributed by atoms with Crippen molar-refractivity contribution >= 4 is 5.97 Å². The molecule has 0 N–H and O–H groups in total. The van der Waals surface area contributed by atoms with Crippen LogP contribution in [0.2, 0.25) is 0 Å². The second-order valence-electron chi connectivity index (χ2n) is 4.62. The summed E-state index contributed by atoms with van der Waals surface area (Å²) in [5.41, 5.74) is 0. The van der Waals surface area contributed by atoms with Gasteiger partial charge in [0.1, 0.15) is 6.10 Å². The van der Waals surface area contributed by atoms with Gasteiger partial charge in [0.2, 0.25) is 0 Å². The number of rotatable bonds is 6. The lowest BCUT2D eigenvalue weighted by atomic mass is 9.96. The van der Waals surface area contributed by atoms with Gasteiger partial charge in [-0.2, -0.15) is 0 Å². The summed E-state index contributed by atoms with van der Waals surface area (Å²) in [5, 5.41) is 0. The maximum Gasteiger partial charge on any atom is 0.302 e. The van der Waals surface area contributed by atoms with Gasteiger partial charge in [0.25, 0.3) is 0 Å². The maximum atomic E-state index is 10.7. The van der Waals surface area contributed by atoms with E-state index in [-0.39, 0.29) is 12.1 Å². The SMILES string of the molecule is CC(=O)OC(C)C(C)CCCC(C)C. The third kappa shape index (κ3) is 6.93. The minimum absolute atomic E-state index is 0.0552. The van der Waals surface area contributed by atoms with E-state index in [1.54, 1.807) is 0 Å². The van der Waals surface area contributed by atoms with Crippen molar-refractivity contribution in [2.75, 3.05) is 0 Å². The lowest BCUT2D eigenvalue weighted by molar-refractivity contribution is -0.147. The Bertz CT molecular complexity index is 164. The van der Waals surface area contributed by atoms with Crippen LogP contribution in [-0.2, 0) is 9.53 Å². The molecule has 0 spiro atoms. The smallest absolute Gasteiger partial charge is 0.302 e. The molecule has 0 saturated heterocycles. The molecule has 0 saturated carbocycles. The summed E-state index contributed by atoms with van der Waals surface area (Å²) in [4.78, 5) is 10.7. The van der Waals surface area contributed by atoms with Crippen molar-refractivity contribution in [3.8, 4) is 0 Å². The van der Waals surface area contributed by atoms with E-state index in [1.165, 1.54) is 19.8 Å². The predicted octanol–water partition coefficient (Wildman–Crippen LogP) is 3.40. The van der Waals surface area contributed by atoms with Crippen LogP contribution in [0.1, 0.15) is 53.9 Å². The normalized spacial score (nSPS) is 15.3. The molecule has 0 amide bonds. The first-order chi connectivity index (χ1) is 6.43. The van der Waals surface area contributed by atoms with Crippen LogP contribution in [0.4, 0.5) is 0 Å². The Balaban J connectivity index is 3.61. The quantitative estimate of drug-likeness (QED) is 0.614. The molecule has 0 aromatic rings. The zero-order valence-corrected chi connectivity index (χ0v) is 10.2. The molecular formula is C12H24O2. The Hall–Kier alpha value is -0.530. The molecule has 0 aromatic carbocycles. The monoisotopic (exact) mass is 200 g/mol. The number of esters is 1. The van der Waals surface area contributed by atoms with Crippen LogP contribution < -0.4 is 0 Å². The van der Waals surface area contributed by atoms with E-state index < -0.39 is 0 Å². The van der Waals surface area contributed by atoms with E-state index in [9.17, 15) is 4.79 Å². The second kappa shape index (κ2) is 6.86. The summed E-state index contributed by atoms with van der Waals surface area (Å²) in [7, 11) is 0. The van der Waals surface area contributed by atoms with Gasteiger partial charge in [-0.1, -0.05) is 33.6 Å². The van der Waals surface area contributed by atoms with Gasteiger partial charge >= 0.3 is 5.97 Å². The zero-order chi connectivity index (χ0) is 11.1. The first kappa shape index (κ1) is 13.5. The van der Waals surface area contributed by atoms with Crippen molar-refractivity contribution < 1.29 is 9.53 Å². The van der Waals surface area contributed by atoms with Gasteiger partial charge in [-0.3, -0.25) is 4.79 Å². The highest BCUT2D eigenvalue weighted by Crippen LogP contribution is 2.17. The average Bonchev–Trinajstić information content (AvgIpc) is 2.01. The van der Waals surface area contributed by atoms with Crippen LogP contribution in [0.3, 0.4) is 0 Å². The number of ether oxygens (including phenoxy) is 1. The average molecular weight is 200 g/mol. The van der Waals surface area contributed by atoms with Gasteiger partial charge in [-0.05, 0) is 25.2 Å². The van der Waals surface area contributed by atoms with E-state index in [2.05, 4.69) is 20.8 Å². The molecule has 14 heavy (non-hydrogen) atoms. The van der Waals surface area contributed by atoms with Crippen molar-refractivity contribution in [2.45, 2.75) is 60.0 Å². The topological polar surface area (TPSA) is 26.3 Å². The zero-order valence-electron chi connectivity index (χ0n) is 10.2. The Kier molecular flexibility index (Phi) is 6.60. The van der Waals surface area contributed by atoms with E-state index in [1.807, 2.05) is 6.92 Å². The fourth-order valence-corrected chi connectivity index (χ4v) is 1.46. The molecule has 0 aliphatic rings. The first-order valence-electron chi connectivity index (χ1n) is 5.60. The van der Waals surface area contributed by atoms with Gasteiger partial charge in [-0.15, -0.1) is 0 Å². The molecular weight excluding hydrogens is 176 g/mol. The van der Waals surface area contributed by atoms with Crippen molar-refractivity contribution in [1.82, 2.24) is 0 Å². The summed E-state index contributed by atoms with van der Waals surface area (Å²) >= 11 is 0. The molecule has 0 aliphatic carbocycles. The maximum absolute atomic E-state index is 10.7. The van der Waals surface area contributed by atoms with E-state index in [0.717, 1.165) is 12.3 Å². The van der Waals surface area contributed by atoms with E-state index in [0.29, 0.717) is 5.92 Å². The fraction of sp³-hybridized carbons (Fsp3) is 0.917. The van der Waals surface area contributed by atoms with Crippen molar-refractivity contribution in [2.24, 2.45) is 11.8 Å². The molecule has 0 heterocycles. The molecule has 2 nitrogen and oxygen atoms in total. The van der Waals surface area contributed by atoms with Crippen LogP contribution in [-0.4, -0.2) is 12.1 Å². The minimum atomic E-state index is -0.173. The molecule has 0 radical (unpaired) electrons. The van der Waals surface area contributed by atoms with Crippen molar-refractivity contribution in [3.63, 3.8) is 0 Å². The summed E-state index contributed by atoms with van der Waals surface area (Å²) in [6, 6.07) is 0. The molecule has 0 aromatic heterocycles. The number of hydrogen-bond donors (Lipinski definition) is 0. The van der Waals surface area contributed by atoms with Gasteiger partial charge < -0.3 is 4.74 Å². The van der Waals surface area contributed by atoms with Gasteiger partial charge in [0.05, 0.1) is 0 Å². The van der Waals surface area contributed by atoms with Crippen molar-refractivity contribution in [1.29, 1.82) is 0 Å². The molecule has 0 aliphatic heterocycles. The molecule has 2 unspecified atom stereocenters. The largest absolute Gasteiger partial charge is 0.463 e. The lowest BCUT2D eigenvalue weighted by Crippen LogP contribution is -2.20. The Labute approximate surface area is 88.0 Å². The predicted molar refractivity (Wildman–Crippen MR) is 59.1 cm³/mol. The second-order valence-corrected chi connectivity index (χ2v) is 4.62. The number of carbonyl (C=O) groups excluding carboxylic acids is 1. The highest BCUT2D eigenvalue weighted by Gasteiger charge is 2.14. The third-order valence-corrected chi connectivity index (χ3v) is 2.59. The van der Waals surface area contributed by atoms with Crippen molar-refractivity contribution in [3.05, 3.63) is 0 Å². The molecule has 2 heteroatoms. The molecule has 84 valence electrons. The molecule has 0 bridgehead atoms. The standard InChI is InChI=1S/C12H24O2/c1-9(2)7-6-8-10(3)11(4)14-12(5)13/h9-11H,6-8H2,1-5H3. The van der Waals surface area contributed by atoms with Gasteiger partial charge in [0, 0.05) is 6.92 Å². The highest BCUT2D eigenvalue weighted by atomic mass is 16.5. The minimum Gasteiger partial charge on any atom is -0.463 e. The van der Waals surface area contributed by atoms with Crippen LogP contribution in [0.25, 0.3) is 0 Å². The molecule has 0 fully saturated rings. The van der Waals surface area contributed by atoms with Crippen LogP contribution in [0, 0.1) is 11.8 Å². The number of carbonyl (C=O) groups is 1. The fourth-order valence-electron chi connectivity index (χ4n) is 1.46. The van der Waals surface area contributed by atoms with Gasteiger partial charge in [-0.25, -0.2) is 0 Å². The van der Waals surface area contributed by atoms with Gasteiger partial charge in [0.15, 0.2) is 0 Å². The molecule has 2 atom stereocenters. The van der Waals surface area contributed by atoms with E-state index in [4.69, 9.17) is 4.74 Å². The highest BCUT2D eigenvalue weighted by molar-refractivity contribution is 5.66. The summed E-state index contributed by atoms with van der Waals surface area (Å²) < 4.78 is 5.13. The summed E-state index contributed by atoms with van der Waals surface area (Å²) in [5.74, 6) is 1.07. The summed E-state index contributed by atoms with van der Waals surface area (Å²) in [6.45, 7) is 10.1. The third-order valence-electron chi connectivity index (χ3n) is 2.59. The van der Waals surface area contributed by atoms with Crippen LogP contribution >= 0.6 is 0 Å².